The quantitative estimate of drug-likeness (QED) is 0.0195. The molecule has 33 nitrogen and oxygen atoms in total. The molecule has 1 aliphatic carbocycles. The lowest BCUT2D eigenvalue weighted by atomic mass is 9.72. The molecule has 97 heavy (non-hydrogen) atoms. The van der Waals surface area contributed by atoms with Crippen LogP contribution in [-0.2, 0) is 67.3 Å². The maximum atomic E-state index is 15.0. The molecular weight excluding hydrogens is 1300 g/mol. The van der Waals surface area contributed by atoms with Crippen molar-refractivity contribution in [3.63, 3.8) is 0 Å². The topological polar surface area (TPSA) is 447 Å². The van der Waals surface area contributed by atoms with Crippen molar-refractivity contribution in [2.24, 2.45) is 5.92 Å². The van der Waals surface area contributed by atoms with Gasteiger partial charge in [0.05, 0.1) is 57.7 Å². The van der Waals surface area contributed by atoms with Gasteiger partial charge in [-0.1, -0.05) is 18.2 Å². The SMILES string of the molecule is CN(C(=O)OC(C)(C)C)[C@@H]1[C@@H](O)[C@@H](O[C@@H]2[C@@H](O)[C@H](C3OC(CNC(=O)C(F)(F)F)=CC[C@H]3NC(=O)OCc3ccc([N+](=O)[O-])cc3)[C@@H](NC(=O)OCc3ccc([N+](=O)[O-])cc3)C[C@H]2NC(=O)[C@@H](CCNC(=O)OCc2ccc([N+](=O)[O-])cc2)OC(=O)c2ccccc2)OC[C@]1(C)O. The van der Waals surface area contributed by atoms with Crippen molar-refractivity contribution >= 4 is 59.2 Å². The summed E-state index contributed by atoms with van der Waals surface area (Å²) in [6, 6.07) is 15.4. The predicted octanol–water partition coefficient (Wildman–Crippen LogP) is 5.15. The molecule has 8 N–H and O–H groups in total. The lowest BCUT2D eigenvalue weighted by Gasteiger charge is -2.52. The third kappa shape index (κ3) is 20.8. The van der Waals surface area contributed by atoms with E-state index in [9.17, 15) is 87.6 Å². The van der Waals surface area contributed by atoms with E-state index in [0.717, 1.165) is 29.2 Å². The van der Waals surface area contributed by atoms with Crippen molar-refractivity contribution < 1.29 is 115 Å². The van der Waals surface area contributed by atoms with E-state index in [-0.39, 0.29) is 40.4 Å². The molecule has 0 aromatic heterocycles. The second kappa shape index (κ2) is 32.4. The number of nitro benzene ring substituents is 3. The van der Waals surface area contributed by atoms with Crippen molar-refractivity contribution in [1.82, 2.24) is 31.5 Å². The summed E-state index contributed by atoms with van der Waals surface area (Å²) in [6.45, 7) is 2.21. The number of likely N-dealkylation sites (N-methyl/N-ethyl adjacent to an activating group) is 1. The van der Waals surface area contributed by atoms with E-state index >= 15 is 4.79 Å². The molecule has 7 rings (SSSR count). The molecule has 0 bridgehead atoms. The zero-order valence-corrected chi connectivity index (χ0v) is 52.4. The highest BCUT2D eigenvalue weighted by molar-refractivity contribution is 5.92. The number of nitrogens with one attached hydrogen (secondary N) is 5. The highest BCUT2D eigenvalue weighted by Gasteiger charge is 2.57. The highest BCUT2D eigenvalue weighted by Crippen LogP contribution is 2.39. The number of rotatable bonds is 24. The van der Waals surface area contributed by atoms with Gasteiger partial charge in [0.2, 0.25) is 0 Å². The Morgan fingerprint density at radius 3 is 1.70 bits per heavy atom. The second-order valence-electron chi connectivity index (χ2n) is 23.7. The number of aliphatic hydroxyl groups is 3. The van der Waals surface area contributed by atoms with Gasteiger partial charge in [-0.3, -0.25) is 39.9 Å². The average Bonchev–Trinajstić information content (AvgIpc) is 0.733. The molecule has 1 saturated heterocycles. The molecule has 2 fully saturated rings. The number of nitrogens with zero attached hydrogens (tertiary/aromatic N) is 4. The Hall–Kier alpha value is -10.3. The first-order valence-corrected chi connectivity index (χ1v) is 29.7. The van der Waals surface area contributed by atoms with E-state index in [4.69, 9.17) is 37.9 Å². The molecule has 0 spiro atoms. The number of alkyl halides is 3. The Bertz CT molecular complexity index is 3510. The number of amides is 6. The number of carbonyl (C=O) groups excluding carboxylic acids is 7. The van der Waals surface area contributed by atoms with Crippen molar-refractivity contribution in [2.45, 2.75) is 145 Å². The van der Waals surface area contributed by atoms with Gasteiger partial charge in [0.15, 0.2) is 12.4 Å². The van der Waals surface area contributed by atoms with E-state index in [1.807, 2.05) is 0 Å². The molecule has 4 aromatic rings. The Kier molecular flexibility index (Phi) is 24.8. The molecule has 6 amide bonds. The summed E-state index contributed by atoms with van der Waals surface area (Å²) >= 11 is 0. The first-order chi connectivity index (χ1) is 45.7. The number of non-ortho nitro benzene ring substituents is 3. The summed E-state index contributed by atoms with van der Waals surface area (Å²) in [5.74, 6) is -6.88. The maximum Gasteiger partial charge on any atom is 0.471 e. The summed E-state index contributed by atoms with van der Waals surface area (Å²) < 4.78 is 87.0. The second-order valence-corrected chi connectivity index (χ2v) is 23.7. The van der Waals surface area contributed by atoms with Gasteiger partial charge < -0.3 is 84.7 Å². The van der Waals surface area contributed by atoms with E-state index in [0.29, 0.717) is 5.56 Å². The van der Waals surface area contributed by atoms with Gasteiger partial charge in [-0.25, -0.2) is 24.0 Å². The molecule has 12 atom stereocenters. The van der Waals surface area contributed by atoms with E-state index in [1.165, 1.54) is 92.8 Å². The van der Waals surface area contributed by atoms with Gasteiger partial charge in [-0.15, -0.1) is 0 Å². The molecule has 2 aliphatic heterocycles. The molecule has 0 radical (unpaired) electrons. The summed E-state index contributed by atoms with van der Waals surface area (Å²) in [5.41, 5.74) is -3.29. The minimum atomic E-state index is -5.40. The Balaban J connectivity index is 1.29. The van der Waals surface area contributed by atoms with Crippen molar-refractivity contribution in [2.75, 3.05) is 26.7 Å². The highest BCUT2D eigenvalue weighted by atomic mass is 19.4. The molecule has 3 aliphatic rings. The van der Waals surface area contributed by atoms with Crippen LogP contribution in [0.1, 0.15) is 74.0 Å². The zero-order valence-electron chi connectivity index (χ0n) is 52.4. The third-order valence-corrected chi connectivity index (χ3v) is 15.3. The van der Waals surface area contributed by atoms with Crippen molar-refractivity contribution in [1.29, 1.82) is 0 Å². The van der Waals surface area contributed by atoms with Gasteiger partial charge >= 0.3 is 42.4 Å². The van der Waals surface area contributed by atoms with Crippen LogP contribution < -0.4 is 26.6 Å². The molecule has 4 aromatic carbocycles. The Morgan fingerprint density at radius 2 is 1.21 bits per heavy atom. The number of benzene rings is 4. The Labute approximate surface area is 549 Å². The van der Waals surface area contributed by atoms with Crippen LogP contribution in [0, 0.1) is 36.3 Å². The molecule has 36 heteroatoms. The summed E-state index contributed by atoms with van der Waals surface area (Å²) in [7, 11) is 1.18. The fourth-order valence-electron chi connectivity index (χ4n) is 10.7. The van der Waals surface area contributed by atoms with Gasteiger partial charge in [-0.2, -0.15) is 13.2 Å². The fourth-order valence-corrected chi connectivity index (χ4v) is 10.7. The number of nitro groups is 3. The molecular formula is C61H70F3N9O24. The van der Waals surface area contributed by atoms with Crippen LogP contribution in [-0.4, -0.2) is 182 Å². The summed E-state index contributed by atoms with van der Waals surface area (Å²) in [4.78, 5) is 128. The Morgan fingerprint density at radius 1 is 0.701 bits per heavy atom. The number of hydrogen-bond donors (Lipinski definition) is 8. The van der Waals surface area contributed by atoms with Crippen LogP contribution in [0.2, 0.25) is 0 Å². The molecule has 1 saturated carbocycles. The monoisotopic (exact) mass is 1370 g/mol. The number of alkyl carbamates (subject to hydrolysis) is 3. The lowest BCUT2D eigenvalue weighted by Crippen LogP contribution is -2.71. The minimum Gasteiger partial charge on any atom is -0.491 e. The largest absolute Gasteiger partial charge is 0.491 e. The number of aliphatic hydroxyl groups excluding tert-OH is 2. The van der Waals surface area contributed by atoms with E-state index < -0.39 is 199 Å². The minimum absolute atomic E-state index is 0.0631. The smallest absolute Gasteiger partial charge is 0.471 e. The molecule has 1 unspecified atom stereocenters. The molecule has 524 valence electrons. The van der Waals surface area contributed by atoms with Gasteiger partial charge in [0.25, 0.3) is 23.0 Å². The van der Waals surface area contributed by atoms with Crippen LogP contribution in [0.4, 0.5) is 49.4 Å². The van der Waals surface area contributed by atoms with Gasteiger partial charge in [0, 0.05) is 68.4 Å². The number of halogens is 3. The predicted molar refractivity (Wildman–Crippen MR) is 324 cm³/mol. The van der Waals surface area contributed by atoms with E-state index in [1.54, 1.807) is 32.2 Å². The first-order valence-electron chi connectivity index (χ1n) is 29.7. The first kappa shape index (κ1) is 74.1. The van der Waals surface area contributed by atoms with Crippen molar-refractivity contribution in [3.8, 4) is 0 Å². The van der Waals surface area contributed by atoms with E-state index in [2.05, 4.69) is 21.3 Å². The third-order valence-electron chi connectivity index (χ3n) is 15.3. The average molecular weight is 1370 g/mol. The van der Waals surface area contributed by atoms with Gasteiger partial charge in [0.1, 0.15) is 55.1 Å². The molecule has 2 heterocycles. The van der Waals surface area contributed by atoms with Crippen LogP contribution >= 0.6 is 0 Å². The van der Waals surface area contributed by atoms with Gasteiger partial charge in [-0.05, 0) is 112 Å². The standard InChI is InChI=1S/C61H70F3N9O24/c1-59(2,3)97-58(82)70(5)50-47(75)53(93-32-60(50,4)83)96-49-43(67-51(76)44(95-52(77)36-9-7-6-8-10-36)25-26-65-55(79)90-29-33-11-17-37(18-12-33)71(84)85)27-42(69-57(81)92-31-35-15-21-39(22-16-35)73(88)89)45(46(49)74)48-41(24-23-40(94-48)28-66-54(78)61(62,63)64)68-56(80)91-30-34-13-19-38(20-14-34)72(86)87/h6-23,41-50,53,74-75,83H,24-32H2,1-5H3,(H,65,79)(H,66,78)(H,67,76)(H,68,80)(H,69,81)/t41-,42+,43-,44-,45-,46+,47-,48?,49+,50-,53-,60+/m1/s1. The van der Waals surface area contributed by atoms with Crippen LogP contribution in [0.25, 0.3) is 0 Å². The number of ether oxygens (including phenoxy) is 8. The zero-order chi connectivity index (χ0) is 71.1. The number of carbonyl (C=O) groups is 7. The maximum absolute atomic E-state index is 15.0. The van der Waals surface area contributed by atoms with Crippen molar-refractivity contribution in [3.05, 3.63) is 168 Å². The number of hydrogen-bond acceptors (Lipinski definition) is 24. The lowest BCUT2D eigenvalue weighted by molar-refractivity contribution is -0.385. The summed E-state index contributed by atoms with van der Waals surface area (Å²) in [5, 5.41) is 82.9. The summed E-state index contributed by atoms with van der Waals surface area (Å²) in [6.07, 6.45) is -22.6. The van der Waals surface area contributed by atoms with Crippen LogP contribution in [0.3, 0.4) is 0 Å². The van der Waals surface area contributed by atoms with Crippen LogP contribution in [0.5, 0.6) is 0 Å². The normalized spacial score (nSPS) is 23.4. The number of esters is 1. The fraction of sp³-hybridized carbons (Fsp3) is 0.459. The van der Waals surface area contributed by atoms with Crippen LogP contribution in [0.15, 0.2) is 115 Å².